The fourth-order valence-corrected chi connectivity index (χ4v) is 5.04. The first-order chi connectivity index (χ1) is 20.7. The number of amidine groups is 2. The van der Waals surface area contributed by atoms with Crippen LogP contribution in [0.15, 0.2) is 132 Å². The van der Waals surface area contributed by atoms with E-state index in [0.717, 1.165) is 40.7 Å². The van der Waals surface area contributed by atoms with Crippen molar-refractivity contribution in [1.82, 2.24) is 4.90 Å². The van der Waals surface area contributed by atoms with Crippen LogP contribution in [-0.4, -0.2) is 22.6 Å². The van der Waals surface area contributed by atoms with Crippen LogP contribution < -0.4 is 19.7 Å². The van der Waals surface area contributed by atoms with Gasteiger partial charge in [0.25, 0.3) is 0 Å². The Morgan fingerprint density at radius 2 is 1.40 bits per heavy atom. The molecule has 7 rings (SSSR count). The second-order valence-electron chi connectivity index (χ2n) is 9.99. The third kappa shape index (κ3) is 6.13. The van der Waals surface area contributed by atoms with Gasteiger partial charge in [-0.25, -0.2) is 0 Å². The van der Waals surface area contributed by atoms with Gasteiger partial charge in [-0.3, -0.25) is 0 Å². The third-order valence-corrected chi connectivity index (χ3v) is 7.11. The Morgan fingerprint density at radius 1 is 0.744 bits per heavy atom. The van der Waals surface area contributed by atoms with Crippen LogP contribution in [-0.2, 0) is 21.1 Å². The molecular formula is C35H28N6OPt. The monoisotopic (exact) mass is 743 g/mol. The molecule has 3 aliphatic rings. The van der Waals surface area contributed by atoms with E-state index in [4.69, 9.17) is 14.9 Å². The molecule has 0 radical (unpaired) electrons. The standard InChI is InChI=1S/C35H28N6O.Pt/c1-27-36-40(25-38(27)29-15-7-3-8-16-29)31-19-11-21-33(23-31)42-34-22-12-20-32(24-34)41-26-39(30-17-9-4-10-18-30)35(37-41)28-13-5-2-6-14-28;/h2-17,19-22,25-26,30H,18H2,1H3;/q-4;+4/t30-;/m1./s1. The fraction of sp³-hybridized carbons (Fsp3) is 0.0857. The summed E-state index contributed by atoms with van der Waals surface area (Å²) in [4.78, 5) is 4.25. The van der Waals surface area contributed by atoms with Crippen molar-refractivity contribution in [1.29, 1.82) is 0 Å². The second-order valence-corrected chi connectivity index (χ2v) is 9.99. The molecule has 0 aromatic heterocycles. The molecule has 2 aliphatic heterocycles. The number of hydrogen-bond acceptors (Lipinski definition) is 7. The molecule has 0 fully saturated rings. The number of rotatable bonds is 7. The molecule has 0 saturated carbocycles. The largest absolute Gasteiger partial charge is 4.00 e. The Balaban J connectivity index is 0.00000329. The van der Waals surface area contributed by atoms with E-state index in [0.29, 0.717) is 11.5 Å². The van der Waals surface area contributed by atoms with E-state index >= 15 is 0 Å². The molecule has 0 unspecified atom stereocenters. The average Bonchev–Trinajstić information content (AvgIpc) is 3.67. The molecule has 1 aliphatic carbocycles. The molecule has 0 amide bonds. The van der Waals surface area contributed by atoms with Crippen molar-refractivity contribution in [2.75, 3.05) is 14.9 Å². The molecular weight excluding hydrogens is 716 g/mol. The van der Waals surface area contributed by atoms with Crippen molar-refractivity contribution in [3.63, 3.8) is 0 Å². The summed E-state index contributed by atoms with van der Waals surface area (Å²) in [5.74, 6) is 2.90. The van der Waals surface area contributed by atoms with Crippen LogP contribution in [0.1, 0.15) is 18.9 Å². The predicted octanol–water partition coefficient (Wildman–Crippen LogP) is 7.34. The smallest absolute Gasteiger partial charge is 0.509 e. The molecule has 4 aromatic rings. The maximum atomic E-state index is 6.24. The van der Waals surface area contributed by atoms with E-state index in [2.05, 4.69) is 65.6 Å². The summed E-state index contributed by atoms with van der Waals surface area (Å²) in [5.41, 5.74) is 3.66. The first-order valence-corrected chi connectivity index (χ1v) is 13.9. The molecule has 7 nitrogen and oxygen atoms in total. The van der Waals surface area contributed by atoms with Crippen molar-refractivity contribution >= 4 is 28.7 Å². The Morgan fingerprint density at radius 3 is 2.05 bits per heavy atom. The summed E-state index contributed by atoms with van der Waals surface area (Å²) in [6, 6.07) is 38.9. The topological polar surface area (TPSA) is 46.9 Å². The average molecular weight is 744 g/mol. The molecule has 8 heteroatoms. The van der Waals surface area contributed by atoms with E-state index in [-0.39, 0.29) is 27.1 Å². The van der Waals surface area contributed by atoms with Crippen LogP contribution in [0.2, 0.25) is 0 Å². The molecule has 0 spiro atoms. The van der Waals surface area contributed by atoms with Crippen LogP contribution in [0.4, 0.5) is 17.1 Å². The number of benzene rings is 4. The molecule has 0 saturated heterocycles. The maximum Gasteiger partial charge on any atom is 4.00 e. The van der Waals surface area contributed by atoms with Crippen LogP contribution in [0.25, 0.3) is 0 Å². The Bertz CT molecular complexity index is 1690. The van der Waals surface area contributed by atoms with Gasteiger partial charge in [0.2, 0.25) is 0 Å². The van der Waals surface area contributed by atoms with Gasteiger partial charge in [-0.05, 0) is 25.5 Å². The third-order valence-electron chi connectivity index (χ3n) is 7.11. The first kappa shape index (κ1) is 28.5. The number of hydrogen-bond donors (Lipinski definition) is 0. The molecule has 2 heterocycles. The van der Waals surface area contributed by atoms with Crippen molar-refractivity contribution < 1.29 is 25.8 Å². The van der Waals surface area contributed by atoms with E-state index in [1.807, 2.05) is 103 Å². The van der Waals surface area contributed by atoms with E-state index in [9.17, 15) is 0 Å². The zero-order valence-corrected chi connectivity index (χ0v) is 25.7. The van der Waals surface area contributed by atoms with E-state index < -0.39 is 0 Å². The number of allylic oxidation sites excluding steroid dienone is 2. The minimum atomic E-state index is 0. The predicted molar refractivity (Wildman–Crippen MR) is 168 cm³/mol. The summed E-state index contributed by atoms with van der Waals surface area (Å²) >= 11 is 0. The summed E-state index contributed by atoms with van der Waals surface area (Å²) in [7, 11) is 0. The van der Waals surface area contributed by atoms with Crippen molar-refractivity contribution in [2.45, 2.75) is 19.4 Å². The van der Waals surface area contributed by atoms with Gasteiger partial charge < -0.3 is 24.6 Å². The quantitative estimate of drug-likeness (QED) is 0.186. The van der Waals surface area contributed by atoms with Crippen molar-refractivity contribution in [3.05, 3.63) is 152 Å². The zero-order valence-electron chi connectivity index (χ0n) is 23.4. The van der Waals surface area contributed by atoms with Crippen LogP contribution in [0.3, 0.4) is 0 Å². The molecule has 1 atom stereocenters. The van der Waals surface area contributed by atoms with Crippen molar-refractivity contribution in [2.24, 2.45) is 10.2 Å². The number of ether oxygens (including phenoxy) is 1. The number of anilines is 3. The number of para-hydroxylation sites is 1. The van der Waals surface area contributed by atoms with Crippen LogP contribution >= 0.6 is 0 Å². The normalized spacial score (nSPS) is 17.6. The SMILES string of the molecule is CC1=NN(c2[c-]c(Oc3[c-]c(N4[CH-]N([C@@H]5C=CC=CC5)C(c5ccccc5)=N4)ccc3)ccc2)[CH-]N1c1ccccc1.[Pt+4]. The minimum Gasteiger partial charge on any atom is -0.509 e. The van der Waals surface area contributed by atoms with Gasteiger partial charge in [0.15, 0.2) is 0 Å². The fourth-order valence-electron chi connectivity index (χ4n) is 5.04. The summed E-state index contributed by atoms with van der Waals surface area (Å²) in [6.45, 7) is 5.95. The van der Waals surface area contributed by atoms with Gasteiger partial charge in [-0.2, -0.15) is 22.3 Å². The minimum absolute atomic E-state index is 0. The molecule has 0 N–H and O–H groups in total. The first-order valence-electron chi connectivity index (χ1n) is 13.9. The molecule has 0 bridgehead atoms. The Labute approximate surface area is 266 Å². The van der Waals surface area contributed by atoms with Gasteiger partial charge in [0.1, 0.15) is 5.84 Å². The van der Waals surface area contributed by atoms with Gasteiger partial charge in [0, 0.05) is 28.8 Å². The van der Waals surface area contributed by atoms with Crippen LogP contribution in [0, 0.1) is 25.5 Å². The number of nitrogens with zero attached hydrogens (tertiary/aromatic N) is 6. The molecule has 214 valence electrons. The van der Waals surface area contributed by atoms with Crippen molar-refractivity contribution in [3.8, 4) is 11.5 Å². The van der Waals surface area contributed by atoms with Crippen LogP contribution in [0.5, 0.6) is 11.5 Å². The van der Waals surface area contributed by atoms with Gasteiger partial charge >= 0.3 is 21.1 Å². The van der Waals surface area contributed by atoms with Gasteiger partial charge in [0.05, 0.1) is 5.84 Å². The summed E-state index contributed by atoms with van der Waals surface area (Å²) < 4.78 is 6.24. The summed E-state index contributed by atoms with van der Waals surface area (Å²) in [5, 5.41) is 13.3. The maximum absolute atomic E-state index is 6.24. The zero-order chi connectivity index (χ0) is 28.3. The Hall–Kier alpha value is -4.61. The summed E-state index contributed by atoms with van der Waals surface area (Å²) in [6.07, 6.45) is 9.46. The Kier molecular flexibility index (Phi) is 8.43. The second kappa shape index (κ2) is 12.7. The number of hydrazone groups is 2. The van der Waals surface area contributed by atoms with Gasteiger partial charge in [-0.15, -0.1) is 49.7 Å². The molecule has 43 heavy (non-hydrogen) atoms. The van der Waals surface area contributed by atoms with Gasteiger partial charge in [-0.1, -0.05) is 84.2 Å². The van der Waals surface area contributed by atoms with E-state index in [1.165, 1.54) is 0 Å². The molecule has 4 aromatic carbocycles. The van der Waals surface area contributed by atoms with E-state index in [1.54, 1.807) is 5.01 Å².